The molecule has 1 aliphatic carbocycles. The van der Waals surface area contributed by atoms with Crippen LogP contribution in [0.5, 0.6) is 0 Å². The topological polar surface area (TPSA) is 12.0 Å². The minimum atomic E-state index is 1.01. The van der Waals surface area contributed by atoms with Gasteiger partial charge in [-0.15, -0.1) is 0 Å². The van der Waals surface area contributed by atoms with Gasteiger partial charge in [-0.05, 0) is 25.9 Å². The first-order valence-electron chi connectivity index (χ1n) is 6.58. The molecule has 0 spiro atoms. The molecule has 0 aromatic carbocycles. The summed E-state index contributed by atoms with van der Waals surface area (Å²) in [5.41, 5.74) is 0. The molecule has 0 bridgehead atoms. The van der Waals surface area contributed by atoms with Crippen molar-refractivity contribution >= 4 is 0 Å². The highest BCUT2D eigenvalue weighted by atomic mass is 14.8. The Balaban J connectivity index is 2.16. The highest BCUT2D eigenvalue weighted by molar-refractivity contribution is 4.63. The second-order valence-corrected chi connectivity index (χ2v) is 4.81. The van der Waals surface area contributed by atoms with E-state index in [0.29, 0.717) is 0 Å². The molecule has 1 aliphatic rings. The summed E-state index contributed by atoms with van der Waals surface area (Å²) in [5, 5.41) is 3.28. The van der Waals surface area contributed by atoms with Crippen molar-refractivity contribution in [1.29, 1.82) is 0 Å². The number of nitrogens with one attached hydrogen (secondary N) is 1. The minimum absolute atomic E-state index is 1.01. The van der Waals surface area contributed by atoms with Crippen LogP contribution in [0.4, 0.5) is 0 Å². The largest absolute Gasteiger partial charge is 0.320 e. The molecule has 1 heteroatoms. The van der Waals surface area contributed by atoms with Crippen molar-refractivity contribution in [1.82, 2.24) is 5.32 Å². The summed E-state index contributed by atoms with van der Waals surface area (Å²) < 4.78 is 0. The van der Waals surface area contributed by atoms with Crippen LogP contribution in [0, 0.1) is 5.92 Å². The first kappa shape index (κ1) is 12.0. The molecule has 0 aromatic rings. The third-order valence-electron chi connectivity index (χ3n) is 3.53. The molecule has 1 nitrogen and oxygen atoms in total. The average molecular weight is 197 g/mol. The van der Waals surface area contributed by atoms with Crippen LogP contribution < -0.4 is 5.32 Å². The standard InChI is InChI=1S/C13H27N/c1-14-12-11-13-9-7-5-3-2-4-6-8-10-13/h13-14H,2-12H2,1H3. The molecule has 84 valence electrons. The highest BCUT2D eigenvalue weighted by Gasteiger charge is 2.09. The molecular weight excluding hydrogens is 170 g/mol. The van der Waals surface area contributed by atoms with Crippen molar-refractivity contribution in [3.05, 3.63) is 0 Å². The molecule has 0 radical (unpaired) electrons. The van der Waals surface area contributed by atoms with Gasteiger partial charge in [0.25, 0.3) is 0 Å². The number of rotatable bonds is 3. The average Bonchev–Trinajstić information content (AvgIpc) is 2.23. The van der Waals surface area contributed by atoms with E-state index in [9.17, 15) is 0 Å². The Morgan fingerprint density at radius 1 is 0.857 bits per heavy atom. The minimum Gasteiger partial charge on any atom is -0.320 e. The van der Waals surface area contributed by atoms with Gasteiger partial charge in [-0.3, -0.25) is 0 Å². The van der Waals surface area contributed by atoms with Crippen LogP contribution in [0.25, 0.3) is 0 Å². The molecule has 0 amide bonds. The van der Waals surface area contributed by atoms with Crippen LogP contribution in [0.3, 0.4) is 0 Å². The van der Waals surface area contributed by atoms with E-state index in [2.05, 4.69) is 12.4 Å². The molecule has 1 saturated carbocycles. The Hall–Kier alpha value is -0.0400. The molecule has 0 atom stereocenters. The first-order valence-corrected chi connectivity index (χ1v) is 6.58. The lowest BCUT2D eigenvalue weighted by Crippen LogP contribution is -2.13. The number of hydrogen-bond donors (Lipinski definition) is 1. The van der Waals surface area contributed by atoms with Crippen molar-refractivity contribution in [2.24, 2.45) is 5.92 Å². The summed E-state index contributed by atoms with van der Waals surface area (Å²) >= 11 is 0. The third kappa shape index (κ3) is 5.64. The van der Waals surface area contributed by atoms with E-state index in [4.69, 9.17) is 0 Å². The van der Waals surface area contributed by atoms with E-state index in [1.54, 1.807) is 0 Å². The fraction of sp³-hybridized carbons (Fsp3) is 1.00. The van der Waals surface area contributed by atoms with Crippen molar-refractivity contribution in [3.63, 3.8) is 0 Å². The SMILES string of the molecule is CNCCC1CCCCCCCCC1. The predicted octanol–water partition coefficient (Wildman–Crippen LogP) is 3.74. The van der Waals surface area contributed by atoms with E-state index in [-0.39, 0.29) is 0 Å². The van der Waals surface area contributed by atoms with E-state index < -0.39 is 0 Å². The summed E-state index contributed by atoms with van der Waals surface area (Å²) in [7, 11) is 2.07. The predicted molar refractivity (Wildman–Crippen MR) is 63.6 cm³/mol. The summed E-state index contributed by atoms with van der Waals surface area (Å²) in [5.74, 6) is 1.01. The fourth-order valence-corrected chi connectivity index (χ4v) is 2.53. The van der Waals surface area contributed by atoms with Crippen molar-refractivity contribution < 1.29 is 0 Å². The summed E-state index contributed by atoms with van der Waals surface area (Å²) in [6.07, 6.45) is 14.8. The van der Waals surface area contributed by atoms with E-state index in [0.717, 1.165) is 5.92 Å². The molecule has 0 aromatic heterocycles. The molecule has 1 rings (SSSR count). The van der Waals surface area contributed by atoms with Gasteiger partial charge in [0.1, 0.15) is 0 Å². The Labute approximate surface area is 89.7 Å². The van der Waals surface area contributed by atoms with Crippen molar-refractivity contribution in [3.8, 4) is 0 Å². The zero-order valence-electron chi connectivity index (χ0n) is 9.86. The zero-order chi connectivity index (χ0) is 10.1. The highest BCUT2D eigenvalue weighted by Crippen LogP contribution is 2.23. The smallest absolute Gasteiger partial charge is 0.00493 e. The molecule has 14 heavy (non-hydrogen) atoms. The quantitative estimate of drug-likeness (QED) is 0.727. The molecule has 0 heterocycles. The van der Waals surface area contributed by atoms with Crippen LogP contribution >= 0.6 is 0 Å². The summed E-state index contributed by atoms with van der Waals surface area (Å²) in [6, 6.07) is 0. The first-order chi connectivity index (χ1) is 6.93. The molecule has 0 aliphatic heterocycles. The maximum Gasteiger partial charge on any atom is -0.00493 e. The van der Waals surface area contributed by atoms with Gasteiger partial charge < -0.3 is 5.32 Å². The fourth-order valence-electron chi connectivity index (χ4n) is 2.53. The Bertz CT molecular complexity index is 112. The Kier molecular flexibility index (Phi) is 7.12. The van der Waals surface area contributed by atoms with Gasteiger partial charge >= 0.3 is 0 Å². The van der Waals surface area contributed by atoms with Gasteiger partial charge in [0.15, 0.2) is 0 Å². The second-order valence-electron chi connectivity index (χ2n) is 4.81. The second kappa shape index (κ2) is 8.28. The third-order valence-corrected chi connectivity index (χ3v) is 3.53. The zero-order valence-corrected chi connectivity index (χ0v) is 9.86. The van der Waals surface area contributed by atoms with Crippen LogP contribution in [-0.4, -0.2) is 13.6 Å². The molecule has 0 saturated heterocycles. The van der Waals surface area contributed by atoms with Crippen LogP contribution in [0.2, 0.25) is 0 Å². The van der Waals surface area contributed by atoms with Crippen LogP contribution in [0.1, 0.15) is 64.2 Å². The van der Waals surface area contributed by atoms with Gasteiger partial charge in [-0.2, -0.15) is 0 Å². The lowest BCUT2D eigenvalue weighted by atomic mass is 9.90. The Morgan fingerprint density at radius 2 is 1.36 bits per heavy atom. The lowest BCUT2D eigenvalue weighted by Gasteiger charge is -2.18. The maximum absolute atomic E-state index is 3.28. The lowest BCUT2D eigenvalue weighted by molar-refractivity contribution is 0.366. The molecule has 1 fully saturated rings. The summed E-state index contributed by atoms with van der Waals surface area (Å²) in [4.78, 5) is 0. The van der Waals surface area contributed by atoms with Gasteiger partial charge in [0, 0.05) is 0 Å². The Morgan fingerprint density at radius 3 is 1.86 bits per heavy atom. The van der Waals surface area contributed by atoms with Crippen molar-refractivity contribution in [2.75, 3.05) is 13.6 Å². The van der Waals surface area contributed by atoms with Crippen LogP contribution in [-0.2, 0) is 0 Å². The van der Waals surface area contributed by atoms with Gasteiger partial charge in [0.05, 0.1) is 0 Å². The van der Waals surface area contributed by atoms with E-state index in [1.807, 2.05) is 0 Å². The molecule has 0 unspecified atom stereocenters. The van der Waals surface area contributed by atoms with Crippen molar-refractivity contribution in [2.45, 2.75) is 64.2 Å². The maximum atomic E-state index is 3.28. The van der Waals surface area contributed by atoms with Gasteiger partial charge in [0.2, 0.25) is 0 Å². The normalized spacial score (nSPS) is 22.1. The van der Waals surface area contributed by atoms with E-state index in [1.165, 1.54) is 70.8 Å². The number of hydrogen-bond acceptors (Lipinski definition) is 1. The van der Waals surface area contributed by atoms with Gasteiger partial charge in [-0.25, -0.2) is 0 Å². The monoisotopic (exact) mass is 197 g/mol. The molecular formula is C13H27N. The van der Waals surface area contributed by atoms with E-state index >= 15 is 0 Å². The molecule has 1 N–H and O–H groups in total. The summed E-state index contributed by atoms with van der Waals surface area (Å²) in [6.45, 7) is 1.21. The van der Waals surface area contributed by atoms with Crippen LogP contribution in [0.15, 0.2) is 0 Å². The van der Waals surface area contributed by atoms with Gasteiger partial charge in [-0.1, -0.05) is 57.8 Å².